The zero-order chi connectivity index (χ0) is 21.3. The van der Waals surface area contributed by atoms with Crippen LogP contribution in [0.25, 0.3) is 11.3 Å². The summed E-state index contributed by atoms with van der Waals surface area (Å²) < 4.78 is 10.8. The van der Waals surface area contributed by atoms with Crippen LogP contribution in [0.2, 0.25) is 0 Å². The Morgan fingerprint density at radius 3 is 2.60 bits per heavy atom. The molecule has 30 heavy (non-hydrogen) atoms. The Morgan fingerprint density at radius 2 is 1.87 bits per heavy atom. The van der Waals surface area contributed by atoms with Crippen molar-refractivity contribution in [3.8, 4) is 11.3 Å². The third kappa shape index (κ3) is 3.89. The molecule has 0 saturated carbocycles. The van der Waals surface area contributed by atoms with Gasteiger partial charge in [-0.1, -0.05) is 35.5 Å². The molecular formula is C23H24N2O4S. The molecule has 1 N–H and O–H groups in total. The summed E-state index contributed by atoms with van der Waals surface area (Å²) in [6, 6.07) is 9.43. The highest BCUT2D eigenvalue weighted by Crippen LogP contribution is 2.39. The normalized spacial score (nSPS) is 13.2. The molecule has 0 atom stereocenters. The van der Waals surface area contributed by atoms with Crippen LogP contribution in [-0.4, -0.2) is 23.1 Å². The third-order valence-electron chi connectivity index (χ3n) is 5.08. The van der Waals surface area contributed by atoms with Crippen molar-refractivity contribution < 1.29 is 18.8 Å². The van der Waals surface area contributed by atoms with Crippen LogP contribution in [0.3, 0.4) is 0 Å². The van der Waals surface area contributed by atoms with E-state index in [2.05, 4.69) is 10.5 Å². The molecule has 0 radical (unpaired) electrons. The Kier molecular flexibility index (Phi) is 5.72. The van der Waals surface area contributed by atoms with Crippen molar-refractivity contribution >= 4 is 28.2 Å². The largest absolute Gasteiger partial charge is 0.459 e. The number of carbonyl (C=O) groups is 2. The van der Waals surface area contributed by atoms with Crippen LogP contribution in [0.1, 0.15) is 63.6 Å². The minimum atomic E-state index is -0.384. The fourth-order valence-corrected chi connectivity index (χ4v) is 5.01. The number of esters is 1. The maximum absolute atomic E-state index is 13.2. The highest BCUT2D eigenvalue weighted by molar-refractivity contribution is 7.17. The molecule has 6 nitrogen and oxygen atoms in total. The van der Waals surface area contributed by atoms with Crippen LogP contribution in [0.15, 0.2) is 34.9 Å². The highest BCUT2D eigenvalue weighted by atomic mass is 32.1. The number of hydrogen-bond donors (Lipinski definition) is 1. The van der Waals surface area contributed by atoms with Gasteiger partial charge in [-0.15, -0.1) is 11.3 Å². The van der Waals surface area contributed by atoms with E-state index in [1.54, 1.807) is 6.92 Å². The number of fused-ring (bicyclic) bond motifs is 1. The molecule has 1 aliphatic carbocycles. The SMILES string of the molecule is Cc1onc(-c2ccccc2)c1C(=O)Nc1sc2c(c1C(=O)OC(C)C)CCCC2. The third-order valence-corrected chi connectivity index (χ3v) is 6.29. The Morgan fingerprint density at radius 1 is 1.13 bits per heavy atom. The van der Waals surface area contributed by atoms with Crippen LogP contribution in [-0.2, 0) is 17.6 Å². The lowest BCUT2D eigenvalue weighted by atomic mass is 9.95. The van der Waals surface area contributed by atoms with Crippen LogP contribution in [0, 0.1) is 6.92 Å². The van der Waals surface area contributed by atoms with Gasteiger partial charge in [-0.3, -0.25) is 4.79 Å². The summed E-state index contributed by atoms with van der Waals surface area (Å²) in [6.45, 7) is 5.35. The van der Waals surface area contributed by atoms with E-state index in [0.717, 1.165) is 41.7 Å². The highest BCUT2D eigenvalue weighted by Gasteiger charge is 2.29. The number of thiophene rings is 1. The molecule has 3 aromatic rings. The fourth-order valence-electron chi connectivity index (χ4n) is 3.74. The topological polar surface area (TPSA) is 81.4 Å². The van der Waals surface area contributed by atoms with Crippen molar-refractivity contribution in [2.24, 2.45) is 0 Å². The van der Waals surface area contributed by atoms with Gasteiger partial charge in [-0.2, -0.15) is 0 Å². The van der Waals surface area contributed by atoms with Gasteiger partial charge in [-0.05, 0) is 52.0 Å². The first-order chi connectivity index (χ1) is 14.5. The van der Waals surface area contributed by atoms with Gasteiger partial charge in [0.2, 0.25) is 0 Å². The zero-order valence-electron chi connectivity index (χ0n) is 17.3. The number of rotatable bonds is 5. The van der Waals surface area contributed by atoms with E-state index in [-0.39, 0.29) is 18.0 Å². The number of carbonyl (C=O) groups excluding carboxylic acids is 2. The van der Waals surface area contributed by atoms with Crippen LogP contribution >= 0.6 is 11.3 Å². The van der Waals surface area contributed by atoms with Gasteiger partial charge in [0.1, 0.15) is 22.0 Å². The molecule has 2 heterocycles. The van der Waals surface area contributed by atoms with E-state index in [9.17, 15) is 9.59 Å². The summed E-state index contributed by atoms with van der Waals surface area (Å²) in [7, 11) is 0. The lowest BCUT2D eigenvalue weighted by molar-refractivity contribution is 0.0378. The van der Waals surface area contributed by atoms with E-state index in [4.69, 9.17) is 9.26 Å². The molecule has 1 aliphatic rings. The Hall–Kier alpha value is -2.93. The second-order valence-electron chi connectivity index (χ2n) is 7.65. The van der Waals surface area contributed by atoms with Crippen LogP contribution < -0.4 is 5.32 Å². The van der Waals surface area contributed by atoms with Gasteiger partial charge >= 0.3 is 5.97 Å². The maximum atomic E-state index is 13.2. The van der Waals surface area contributed by atoms with Gasteiger partial charge in [0.15, 0.2) is 0 Å². The molecule has 0 bridgehead atoms. The molecule has 0 fully saturated rings. The Labute approximate surface area is 179 Å². The maximum Gasteiger partial charge on any atom is 0.341 e. The Balaban J connectivity index is 1.70. The fraction of sp³-hybridized carbons (Fsp3) is 0.348. The van der Waals surface area contributed by atoms with Gasteiger partial charge in [-0.25, -0.2) is 4.79 Å². The van der Waals surface area contributed by atoms with Gasteiger partial charge in [0.05, 0.1) is 11.7 Å². The number of nitrogens with zero attached hydrogens (tertiary/aromatic N) is 1. The standard InChI is InChI=1S/C23H24N2O4S/c1-13(2)28-23(27)19-16-11-7-8-12-17(16)30-22(19)24-21(26)18-14(3)29-25-20(18)15-9-5-4-6-10-15/h4-6,9-10,13H,7-8,11-12H2,1-3H3,(H,24,26). The van der Waals surface area contributed by atoms with Crippen LogP contribution in [0.4, 0.5) is 5.00 Å². The quantitative estimate of drug-likeness (QED) is 0.554. The number of amides is 1. The number of benzene rings is 1. The molecule has 1 aromatic carbocycles. The first-order valence-corrected chi connectivity index (χ1v) is 11.0. The van der Waals surface area contributed by atoms with Crippen molar-refractivity contribution in [3.63, 3.8) is 0 Å². The smallest absolute Gasteiger partial charge is 0.341 e. The number of aryl methyl sites for hydroxylation is 2. The zero-order valence-corrected chi connectivity index (χ0v) is 18.1. The number of aromatic nitrogens is 1. The predicted molar refractivity (Wildman–Crippen MR) is 116 cm³/mol. The first kappa shape index (κ1) is 20.3. The average Bonchev–Trinajstić information content (AvgIpc) is 3.28. The molecule has 2 aromatic heterocycles. The summed E-state index contributed by atoms with van der Waals surface area (Å²) in [5.41, 5.74) is 3.16. The number of nitrogens with one attached hydrogen (secondary N) is 1. The molecular weight excluding hydrogens is 400 g/mol. The Bertz CT molecular complexity index is 1080. The summed E-state index contributed by atoms with van der Waals surface area (Å²) in [5, 5.41) is 7.58. The lowest BCUT2D eigenvalue weighted by Crippen LogP contribution is -2.18. The molecule has 4 rings (SSSR count). The molecule has 7 heteroatoms. The second kappa shape index (κ2) is 8.44. The van der Waals surface area contributed by atoms with Crippen LogP contribution in [0.5, 0.6) is 0 Å². The van der Waals surface area contributed by atoms with E-state index in [0.29, 0.717) is 27.6 Å². The van der Waals surface area contributed by atoms with Gasteiger partial charge < -0.3 is 14.6 Å². The summed E-state index contributed by atoms with van der Waals surface area (Å²) in [4.78, 5) is 27.2. The van der Waals surface area contributed by atoms with Crippen molar-refractivity contribution in [2.75, 3.05) is 5.32 Å². The van der Waals surface area contributed by atoms with Crippen molar-refractivity contribution in [3.05, 3.63) is 57.7 Å². The van der Waals surface area contributed by atoms with Crippen molar-refractivity contribution in [1.82, 2.24) is 5.16 Å². The minimum absolute atomic E-state index is 0.231. The number of ether oxygens (including phenoxy) is 1. The summed E-state index contributed by atoms with van der Waals surface area (Å²) in [5.74, 6) is -0.297. The second-order valence-corrected chi connectivity index (χ2v) is 8.76. The summed E-state index contributed by atoms with van der Waals surface area (Å²) in [6.07, 6.45) is 3.63. The monoisotopic (exact) mass is 424 g/mol. The molecule has 1 amide bonds. The molecule has 0 saturated heterocycles. The first-order valence-electron chi connectivity index (χ1n) is 10.1. The van der Waals surface area contributed by atoms with E-state index in [1.807, 2.05) is 44.2 Å². The molecule has 0 unspecified atom stereocenters. The van der Waals surface area contributed by atoms with Crippen molar-refractivity contribution in [1.29, 1.82) is 0 Å². The van der Waals surface area contributed by atoms with E-state index in [1.165, 1.54) is 11.3 Å². The molecule has 156 valence electrons. The van der Waals surface area contributed by atoms with E-state index >= 15 is 0 Å². The van der Waals surface area contributed by atoms with E-state index < -0.39 is 0 Å². The lowest BCUT2D eigenvalue weighted by Gasteiger charge is -2.14. The van der Waals surface area contributed by atoms with Gasteiger partial charge in [0.25, 0.3) is 5.91 Å². The number of anilines is 1. The van der Waals surface area contributed by atoms with Crippen molar-refractivity contribution in [2.45, 2.75) is 52.6 Å². The number of hydrogen-bond acceptors (Lipinski definition) is 6. The molecule has 0 spiro atoms. The summed E-state index contributed by atoms with van der Waals surface area (Å²) >= 11 is 1.47. The minimum Gasteiger partial charge on any atom is -0.459 e. The predicted octanol–water partition coefficient (Wildman–Crippen LogP) is 5.41. The van der Waals surface area contributed by atoms with Gasteiger partial charge in [0, 0.05) is 10.4 Å². The molecule has 0 aliphatic heterocycles. The average molecular weight is 425 g/mol.